The molecule has 0 aliphatic rings. The van der Waals surface area contributed by atoms with Crippen molar-refractivity contribution in [3.8, 4) is 11.6 Å². The Hall–Kier alpha value is -2.65. The van der Waals surface area contributed by atoms with Crippen LogP contribution in [0.25, 0.3) is 16.6 Å². The van der Waals surface area contributed by atoms with E-state index in [0.29, 0.717) is 26.8 Å². The third-order valence-electron chi connectivity index (χ3n) is 6.09. The Morgan fingerprint density at radius 1 is 0.943 bits per heavy atom. The molecule has 2 heterocycles. The minimum atomic E-state index is -4.22. The van der Waals surface area contributed by atoms with Crippen LogP contribution in [-0.2, 0) is 10.1 Å². The lowest BCUT2D eigenvalue weighted by Gasteiger charge is -2.22. The fourth-order valence-electron chi connectivity index (χ4n) is 4.16. The first-order valence-corrected chi connectivity index (χ1v) is 13.8. The standard InChI is InChI=1S/C26H30BrN3O4S/c1-14(2)17-10-18(15(3)4)25(19(11-17)16(5)6)35(31,32)34-26-20-12-21(27)23(33-7)13-22(20)30-24(29-26)8-9-28-30/h8-16H,1-7H3. The molecule has 7 nitrogen and oxygen atoms in total. The molecule has 0 saturated carbocycles. The minimum Gasteiger partial charge on any atom is -0.495 e. The van der Waals surface area contributed by atoms with E-state index in [2.05, 4.69) is 39.9 Å². The zero-order valence-corrected chi connectivity index (χ0v) is 23.4. The zero-order valence-electron chi connectivity index (χ0n) is 21.0. The van der Waals surface area contributed by atoms with Crippen LogP contribution in [0.5, 0.6) is 11.6 Å². The fraction of sp³-hybridized carbons (Fsp3) is 0.385. The van der Waals surface area contributed by atoms with Crippen LogP contribution >= 0.6 is 15.9 Å². The van der Waals surface area contributed by atoms with Crippen LogP contribution in [-0.4, -0.2) is 30.1 Å². The number of aromatic nitrogens is 3. The van der Waals surface area contributed by atoms with Crippen LogP contribution in [0.1, 0.15) is 76.0 Å². The Kier molecular flexibility index (Phi) is 6.85. The Bertz CT molecular complexity index is 1500. The van der Waals surface area contributed by atoms with Crippen LogP contribution in [0.4, 0.5) is 0 Å². The van der Waals surface area contributed by atoms with Gasteiger partial charge in [0, 0.05) is 12.1 Å². The zero-order chi connectivity index (χ0) is 25.7. The molecule has 2 aromatic heterocycles. The topological polar surface area (TPSA) is 82.8 Å². The Morgan fingerprint density at radius 2 is 1.57 bits per heavy atom. The van der Waals surface area contributed by atoms with E-state index in [9.17, 15) is 8.42 Å². The predicted octanol–water partition coefficient (Wildman–Crippen LogP) is 6.79. The number of nitrogens with zero attached hydrogens (tertiary/aromatic N) is 3. The first kappa shape index (κ1) is 25.4. The van der Waals surface area contributed by atoms with Crippen molar-refractivity contribution >= 4 is 42.6 Å². The van der Waals surface area contributed by atoms with Crippen LogP contribution in [0.3, 0.4) is 0 Å². The number of halogens is 1. The molecular formula is C26H30BrN3O4S. The molecule has 186 valence electrons. The van der Waals surface area contributed by atoms with Gasteiger partial charge in [-0.05, 0) is 56.4 Å². The molecule has 0 fully saturated rings. The van der Waals surface area contributed by atoms with Gasteiger partial charge >= 0.3 is 10.1 Å². The van der Waals surface area contributed by atoms with E-state index in [1.165, 1.54) is 0 Å². The normalized spacial score (nSPS) is 12.4. The van der Waals surface area contributed by atoms with E-state index < -0.39 is 10.1 Å². The Balaban J connectivity index is 1.97. The lowest BCUT2D eigenvalue weighted by atomic mass is 9.89. The van der Waals surface area contributed by atoms with Crippen LogP contribution < -0.4 is 8.92 Å². The van der Waals surface area contributed by atoms with E-state index in [1.54, 1.807) is 36.0 Å². The van der Waals surface area contributed by atoms with Crippen molar-refractivity contribution in [2.45, 2.75) is 64.2 Å². The molecule has 0 atom stereocenters. The van der Waals surface area contributed by atoms with E-state index in [-0.39, 0.29) is 28.5 Å². The van der Waals surface area contributed by atoms with Crippen LogP contribution in [0, 0.1) is 0 Å². The van der Waals surface area contributed by atoms with E-state index in [0.717, 1.165) is 16.7 Å². The summed E-state index contributed by atoms with van der Waals surface area (Å²) in [6.45, 7) is 12.2. The van der Waals surface area contributed by atoms with Gasteiger partial charge < -0.3 is 8.92 Å². The molecule has 0 aliphatic carbocycles. The van der Waals surface area contributed by atoms with E-state index in [1.807, 2.05) is 39.8 Å². The first-order valence-electron chi connectivity index (χ1n) is 11.6. The number of benzene rings is 2. The summed E-state index contributed by atoms with van der Waals surface area (Å²) < 4.78 is 41.4. The van der Waals surface area contributed by atoms with Gasteiger partial charge in [0.2, 0.25) is 5.88 Å². The van der Waals surface area contributed by atoms with Gasteiger partial charge in [0.15, 0.2) is 5.65 Å². The maximum Gasteiger partial charge on any atom is 0.341 e. The van der Waals surface area contributed by atoms with Crippen molar-refractivity contribution in [1.29, 1.82) is 0 Å². The lowest BCUT2D eigenvalue weighted by Crippen LogP contribution is -2.18. The molecule has 9 heteroatoms. The second-order valence-electron chi connectivity index (χ2n) is 9.55. The number of hydrogen-bond acceptors (Lipinski definition) is 6. The summed E-state index contributed by atoms with van der Waals surface area (Å²) in [4.78, 5) is 4.73. The molecule has 0 N–H and O–H groups in total. The summed E-state index contributed by atoms with van der Waals surface area (Å²) in [6.07, 6.45) is 1.60. The molecule has 0 aliphatic heterocycles. The Labute approximate surface area is 214 Å². The largest absolute Gasteiger partial charge is 0.495 e. The number of fused-ring (bicyclic) bond motifs is 3. The maximum absolute atomic E-state index is 13.9. The molecule has 2 aromatic carbocycles. The summed E-state index contributed by atoms with van der Waals surface area (Å²) in [7, 11) is -2.65. The second-order valence-corrected chi connectivity index (χ2v) is 11.9. The summed E-state index contributed by atoms with van der Waals surface area (Å²) in [6, 6.07) is 9.19. The molecule has 0 spiro atoms. The monoisotopic (exact) mass is 559 g/mol. The average Bonchev–Trinajstić information content (AvgIpc) is 3.26. The second kappa shape index (κ2) is 9.43. The van der Waals surface area contributed by atoms with E-state index in [4.69, 9.17) is 8.92 Å². The number of hydrogen-bond donors (Lipinski definition) is 0. The number of ether oxygens (including phenoxy) is 1. The number of methoxy groups -OCH3 is 1. The van der Waals surface area contributed by atoms with Crippen molar-refractivity contribution in [3.05, 3.63) is 57.7 Å². The van der Waals surface area contributed by atoms with Gasteiger partial charge in [0.05, 0.1) is 28.7 Å². The van der Waals surface area contributed by atoms with Gasteiger partial charge in [-0.15, -0.1) is 0 Å². The van der Waals surface area contributed by atoms with Gasteiger partial charge in [-0.2, -0.15) is 18.5 Å². The fourth-order valence-corrected chi connectivity index (χ4v) is 6.25. The summed E-state index contributed by atoms with van der Waals surface area (Å²) >= 11 is 3.49. The molecule has 0 unspecified atom stereocenters. The highest BCUT2D eigenvalue weighted by Gasteiger charge is 2.30. The minimum absolute atomic E-state index is 0.00583. The highest BCUT2D eigenvalue weighted by molar-refractivity contribution is 9.10. The predicted molar refractivity (Wildman–Crippen MR) is 141 cm³/mol. The molecular weight excluding hydrogens is 530 g/mol. The molecule has 0 amide bonds. The quantitative estimate of drug-likeness (QED) is 0.232. The maximum atomic E-state index is 13.9. The molecule has 4 aromatic rings. The van der Waals surface area contributed by atoms with Gasteiger partial charge in [-0.3, -0.25) is 0 Å². The van der Waals surface area contributed by atoms with E-state index >= 15 is 0 Å². The summed E-state index contributed by atoms with van der Waals surface area (Å²) in [5.41, 5.74) is 3.69. The van der Waals surface area contributed by atoms with Crippen molar-refractivity contribution in [2.75, 3.05) is 7.11 Å². The Morgan fingerprint density at radius 3 is 2.11 bits per heavy atom. The highest BCUT2D eigenvalue weighted by Crippen LogP contribution is 2.39. The first-order chi connectivity index (χ1) is 16.4. The van der Waals surface area contributed by atoms with Crippen molar-refractivity contribution in [1.82, 2.24) is 14.6 Å². The smallest absolute Gasteiger partial charge is 0.341 e. The average molecular weight is 561 g/mol. The third kappa shape index (κ3) is 4.63. The summed E-state index contributed by atoms with van der Waals surface area (Å²) in [5, 5.41) is 4.82. The highest BCUT2D eigenvalue weighted by atomic mass is 79.9. The van der Waals surface area contributed by atoms with Crippen molar-refractivity contribution in [3.63, 3.8) is 0 Å². The third-order valence-corrected chi connectivity index (χ3v) is 8.05. The van der Waals surface area contributed by atoms with Gasteiger partial charge in [0.1, 0.15) is 10.6 Å². The summed E-state index contributed by atoms with van der Waals surface area (Å²) in [5.74, 6) is 0.821. The van der Waals surface area contributed by atoms with Crippen LogP contribution in [0.2, 0.25) is 0 Å². The van der Waals surface area contributed by atoms with Gasteiger partial charge in [0.25, 0.3) is 0 Å². The molecule has 0 saturated heterocycles. The van der Waals surface area contributed by atoms with Crippen LogP contribution in [0.15, 0.2) is 45.9 Å². The van der Waals surface area contributed by atoms with Gasteiger partial charge in [-0.25, -0.2) is 4.52 Å². The SMILES string of the molecule is COc1cc2c(cc1Br)c(OS(=O)(=O)c1c(C(C)C)cc(C(C)C)cc1C(C)C)nc1ccnn12. The van der Waals surface area contributed by atoms with Crippen molar-refractivity contribution in [2.24, 2.45) is 0 Å². The molecule has 35 heavy (non-hydrogen) atoms. The van der Waals surface area contributed by atoms with Crippen molar-refractivity contribution < 1.29 is 17.3 Å². The van der Waals surface area contributed by atoms with Gasteiger partial charge in [-0.1, -0.05) is 53.7 Å². The molecule has 0 bridgehead atoms. The molecule has 0 radical (unpaired) electrons. The lowest BCUT2D eigenvalue weighted by molar-refractivity contribution is 0.412. The molecule has 4 rings (SSSR count). The number of rotatable bonds is 7.